The molecule has 2 atom stereocenters. The molecule has 1 aromatic rings. The summed E-state index contributed by atoms with van der Waals surface area (Å²) >= 11 is 0. The Kier molecular flexibility index (Phi) is 4.20. The minimum absolute atomic E-state index is 0.154. The Morgan fingerprint density at radius 2 is 2.16 bits per heavy atom. The number of benzene rings is 1. The first-order chi connectivity index (χ1) is 9.11. The third-order valence-corrected chi connectivity index (χ3v) is 3.23. The van der Waals surface area contributed by atoms with E-state index < -0.39 is 0 Å². The molecular weight excluding hydrogens is 244 g/mol. The smallest absolute Gasteiger partial charge is 0.339 e. The van der Waals surface area contributed by atoms with Crippen LogP contribution in [0.3, 0.4) is 0 Å². The number of ether oxygens (including phenoxy) is 2. The molecule has 4 nitrogen and oxygen atoms in total. The number of hydrogen-bond acceptors (Lipinski definition) is 4. The van der Waals surface area contributed by atoms with E-state index in [1.54, 1.807) is 13.0 Å². The average Bonchev–Trinajstić information content (AvgIpc) is 2.74. The van der Waals surface area contributed by atoms with Gasteiger partial charge in [0.05, 0.1) is 11.7 Å². The lowest BCUT2D eigenvalue weighted by atomic mass is 10.0. The van der Waals surface area contributed by atoms with Gasteiger partial charge in [0.25, 0.3) is 0 Å². The number of cyclic esters (lactones) is 1. The van der Waals surface area contributed by atoms with E-state index >= 15 is 0 Å². The summed E-state index contributed by atoms with van der Waals surface area (Å²) in [6.07, 6.45) is 1.36. The summed E-state index contributed by atoms with van der Waals surface area (Å²) in [6.45, 7) is 3.63. The largest absolute Gasteiger partial charge is 0.463 e. The second-order valence-electron chi connectivity index (χ2n) is 4.71. The molecule has 0 aromatic heterocycles. The Morgan fingerprint density at radius 1 is 1.42 bits per heavy atom. The zero-order valence-electron chi connectivity index (χ0n) is 11.2. The highest BCUT2D eigenvalue weighted by atomic mass is 16.6. The minimum Gasteiger partial charge on any atom is -0.463 e. The molecule has 102 valence electrons. The van der Waals surface area contributed by atoms with Gasteiger partial charge >= 0.3 is 11.9 Å². The fraction of sp³-hybridized carbons (Fsp3) is 0.467. The van der Waals surface area contributed by atoms with Crippen LogP contribution in [-0.2, 0) is 14.3 Å². The average molecular weight is 262 g/mol. The number of carbonyl (C=O) groups is 2. The maximum atomic E-state index is 11.6. The van der Waals surface area contributed by atoms with Gasteiger partial charge in [-0.15, -0.1) is 0 Å². The summed E-state index contributed by atoms with van der Waals surface area (Å²) in [4.78, 5) is 22.8. The van der Waals surface area contributed by atoms with E-state index in [0.717, 1.165) is 5.56 Å². The molecule has 1 aliphatic heterocycles. The molecule has 0 saturated carbocycles. The predicted octanol–water partition coefficient (Wildman–Crippen LogP) is 3.02. The predicted molar refractivity (Wildman–Crippen MR) is 69.7 cm³/mol. The van der Waals surface area contributed by atoms with Crippen molar-refractivity contribution in [1.29, 1.82) is 0 Å². The molecule has 1 heterocycles. The Hall–Kier alpha value is -1.84. The van der Waals surface area contributed by atoms with Crippen LogP contribution in [0.4, 0.5) is 0 Å². The van der Waals surface area contributed by atoms with Crippen LogP contribution in [0, 0.1) is 0 Å². The number of fused-ring (bicyclic) bond motifs is 1. The lowest BCUT2D eigenvalue weighted by Gasteiger charge is -2.15. The lowest BCUT2D eigenvalue weighted by Crippen LogP contribution is -2.15. The van der Waals surface area contributed by atoms with Crippen LogP contribution >= 0.6 is 0 Å². The second-order valence-corrected chi connectivity index (χ2v) is 4.71. The van der Waals surface area contributed by atoms with E-state index in [2.05, 4.69) is 0 Å². The zero-order chi connectivity index (χ0) is 13.8. The first kappa shape index (κ1) is 13.6. The number of esters is 2. The molecule has 0 radical (unpaired) electrons. The first-order valence-corrected chi connectivity index (χ1v) is 6.61. The van der Waals surface area contributed by atoms with Crippen LogP contribution in [0.15, 0.2) is 24.3 Å². The lowest BCUT2D eigenvalue weighted by molar-refractivity contribution is -0.148. The molecule has 0 saturated heterocycles. The third kappa shape index (κ3) is 3.13. The van der Waals surface area contributed by atoms with E-state index in [1.807, 2.05) is 25.1 Å². The van der Waals surface area contributed by atoms with Gasteiger partial charge in [0.2, 0.25) is 0 Å². The fourth-order valence-corrected chi connectivity index (χ4v) is 2.19. The fourth-order valence-electron chi connectivity index (χ4n) is 2.19. The number of rotatable bonds is 5. The molecule has 2 rings (SSSR count). The summed E-state index contributed by atoms with van der Waals surface area (Å²) in [6, 6.07) is 7.41. The Balaban J connectivity index is 1.91. The first-order valence-electron chi connectivity index (χ1n) is 6.61. The Bertz CT molecular complexity index is 481. The van der Waals surface area contributed by atoms with Crippen LogP contribution < -0.4 is 0 Å². The molecule has 0 spiro atoms. The maximum Gasteiger partial charge on any atom is 0.339 e. The molecule has 0 aliphatic carbocycles. The van der Waals surface area contributed by atoms with Crippen molar-refractivity contribution in [2.75, 3.05) is 0 Å². The quantitative estimate of drug-likeness (QED) is 0.765. The molecule has 19 heavy (non-hydrogen) atoms. The normalized spacial score (nSPS) is 18.6. The highest BCUT2D eigenvalue weighted by Crippen LogP contribution is 2.34. The molecule has 4 heteroatoms. The van der Waals surface area contributed by atoms with Crippen LogP contribution in [0.2, 0.25) is 0 Å². The maximum absolute atomic E-state index is 11.6. The van der Waals surface area contributed by atoms with Crippen LogP contribution in [0.5, 0.6) is 0 Å². The van der Waals surface area contributed by atoms with Gasteiger partial charge in [0.1, 0.15) is 6.10 Å². The van der Waals surface area contributed by atoms with Gasteiger partial charge in [-0.3, -0.25) is 4.79 Å². The number of carbonyl (C=O) groups excluding carboxylic acids is 2. The summed E-state index contributed by atoms with van der Waals surface area (Å²) < 4.78 is 10.5. The van der Waals surface area contributed by atoms with Gasteiger partial charge in [-0.1, -0.05) is 25.1 Å². The van der Waals surface area contributed by atoms with Crippen LogP contribution in [0.1, 0.15) is 55.1 Å². The van der Waals surface area contributed by atoms with Crippen molar-refractivity contribution in [1.82, 2.24) is 0 Å². The van der Waals surface area contributed by atoms with Gasteiger partial charge in [-0.05, 0) is 25.8 Å². The van der Waals surface area contributed by atoms with Crippen molar-refractivity contribution < 1.29 is 19.1 Å². The monoisotopic (exact) mass is 262 g/mol. The topological polar surface area (TPSA) is 52.6 Å². The molecule has 0 fully saturated rings. The van der Waals surface area contributed by atoms with Crippen LogP contribution in [0.25, 0.3) is 0 Å². The third-order valence-electron chi connectivity index (χ3n) is 3.23. The molecule has 1 aromatic carbocycles. The molecule has 0 bridgehead atoms. The van der Waals surface area contributed by atoms with Crippen molar-refractivity contribution in [3.05, 3.63) is 35.4 Å². The minimum atomic E-state index is -0.265. The second kappa shape index (κ2) is 5.87. The summed E-state index contributed by atoms with van der Waals surface area (Å²) in [5, 5.41) is 0. The molecule has 1 aliphatic rings. The van der Waals surface area contributed by atoms with E-state index in [4.69, 9.17) is 9.47 Å². The van der Waals surface area contributed by atoms with Crippen molar-refractivity contribution in [3.63, 3.8) is 0 Å². The van der Waals surface area contributed by atoms with Crippen molar-refractivity contribution in [2.24, 2.45) is 0 Å². The van der Waals surface area contributed by atoms with Gasteiger partial charge < -0.3 is 9.47 Å². The Morgan fingerprint density at radius 3 is 2.89 bits per heavy atom. The molecule has 0 N–H and O–H groups in total. The molecule has 0 amide bonds. The Labute approximate surface area is 112 Å². The van der Waals surface area contributed by atoms with Gasteiger partial charge in [-0.25, -0.2) is 4.79 Å². The van der Waals surface area contributed by atoms with Crippen molar-refractivity contribution in [3.8, 4) is 0 Å². The van der Waals surface area contributed by atoms with Gasteiger partial charge in [0, 0.05) is 12.0 Å². The summed E-state index contributed by atoms with van der Waals surface area (Å²) in [5.41, 5.74) is 1.58. The summed E-state index contributed by atoms with van der Waals surface area (Å²) in [5.74, 6) is -0.463. The van der Waals surface area contributed by atoms with E-state index in [1.165, 1.54) is 0 Å². The van der Waals surface area contributed by atoms with Gasteiger partial charge in [0.15, 0.2) is 0 Å². The van der Waals surface area contributed by atoms with E-state index in [0.29, 0.717) is 24.8 Å². The molecule has 1 unspecified atom stereocenters. The molecular formula is C15H18O4. The highest BCUT2D eigenvalue weighted by molar-refractivity contribution is 5.93. The highest BCUT2D eigenvalue weighted by Gasteiger charge is 2.30. The zero-order valence-corrected chi connectivity index (χ0v) is 11.2. The van der Waals surface area contributed by atoms with Crippen molar-refractivity contribution >= 4 is 11.9 Å². The van der Waals surface area contributed by atoms with E-state index in [9.17, 15) is 9.59 Å². The van der Waals surface area contributed by atoms with Crippen molar-refractivity contribution in [2.45, 2.75) is 45.3 Å². The SMILES string of the molecule is CCC(=O)OC(C)CC[C@@H]1OC(=O)c2ccccc21. The van der Waals surface area contributed by atoms with Crippen LogP contribution in [-0.4, -0.2) is 18.0 Å². The standard InChI is InChI=1S/C15H18O4/c1-3-14(16)18-10(2)8-9-13-11-6-4-5-7-12(11)15(17)19-13/h4-7,10,13H,3,8-9H2,1-2H3/t10?,13-/m0/s1. The number of hydrogen-bond donors (Lipinski definition) is 0. The summed E-state index contributed by atoms with van der Waals surface area (Å²) in [7, 11) is 0. The van der Waals surface area contributed by atoms with Gasteiger partial charge in [-0.2, -0.15) is 0 Å². The van der Waals surface area contributed by atoms with E-state index in [-0.39, 0.29) is 24.1 Å².